The van der Waals surface area contributed by atoms with Gasteiger partial charge in [-0.3, -0.25) is 9.59 Å². The van der Waals surface area contributed by atoms with E-state index in [1.165, 1.54) is 11.4 Å². The van der Waals surface area contributed by atoms with Gasteiger partial charge in [-0.15, -0.1) is 0 Å². The lowest BCUT2D eigenvalue weighted by atomic mass is 10.1. The van der Waals surface area contributed by atoms with Crippen molar-refractivity contribution in [3.63, 3.8) is 0 Å². The second kappa shape index (κ2) is 7.35. The van der Waals surface area contributed by atoms with Gasteiger partial charge in [0.05, 0.1) is 5.92 Å². The van der Waals surface area contributed by atoms with Crippen LogP contribution >= 0.6 is 0 Å². The van der Waals surface area contributed by atoms with Crippen molar-refractivity contribution in [3.05, 3.63) is 78.1 Å². The van der Waals surface area contributed by atoms with Crippen molar-refractivity contribution in [3.8, 4) is 5.69 Å². The van der Waals surface area contributed by atoms with Gasteiger partial charge in [-0.05, 0) is 62.4 Å². The molecular formula is C23H23N3O2. The van der Waals surface area contributed by atoms with Crippen molar-refractivity contribution >= 4 is 23.2 Å². The van der Waals surface area contributed by atoms with E-state index in [1.807, 2.05) is 54.6 Å². The summed E-state index contributed by atoms with van der Waals surface area (Å²) >= 11 is 0. The molecule has 5 nitrogen and oxygen atoms in total. The third-order valence-corrected chi connectivity index (χ3v) is 5.23. The van der Waals surface area contributed by atoms with Gasteiger partial charge in [0.1, 0.15) is 0 Å². The molecule has 4 rings (SSSR count). The first-order valence-electron chi connectivity index (χ1n) is 9.44. The molecule has 5 heteroatoms. The monoisotopic (exact) mass is 373 g/mol. The summed E-state index contributed by atoms with van der Waals surface area (Å²) in [6, 6.07) is 21.4. The molecule has 0 saturated carbocycles. The van der Waals surface area contributed by atoms with Gasteiger partial charge >= 0.3 is 0 Å². The zero-order chi connectivity index (χ0) is 19.7. The molecule has 1 N–H and O–H groups in total. The van der Waals surface area contributed by atoms with Crippen LogP contribution in [0, 0.1) is 19.8 Å². The van der Waals surface area contributed by atoms with Crippen LogP contribution in [0.3, 0.4) is 0 Å². The fourth-order valence-electron chi connectivity index (χ4n) is 3.75. The first-order chi connectivity index (χ1) is 13.5. The minimum absolute atomic E-state index is 0.0137. The number of para-hydroxylation sites is 1. The topological polar surface area (TPSA) is 54.3 Å². The van der Waals surface area contributed by atoms with Crippen LogP contribution in [0.1, 0.15) is 17.8 Å². The highest BCUT2D eigenvalue weighted by Crippen LogP contribution is 2.26. The van der Waals surface area contributed by atoms with Crippen LogP contribution < -0.4 is 10.2 Å². The molecule has 2 amide bonds. The molecule has 1 saturated heterocycles. The fraction of sp³-hybridized carbons (Fsp3) is 0.217. The number of benzene rings is 2. The van der Waals surface area contributed by atoms with Crippen molar-refractivity contribution in [1.82, 2.24) is 4.57 Å². The highest BCUT2D eigenvalue weighted by atomic mass is 16.2. The van der Waals surface area contributed by atoms with Crippen molar-refractivity contribution in [2.75, 3.05) is 16.8 Å². The molecule has 0 unspecified atom stereocenters. The summed E-state index contributed by atoms with van der Waals surface area (Å²) in [5.41, 5.74) is 4.97. The van der Waals surface area contributed by atoms with Crippen LogP contribution in [0.15, 0.2) is 66.7 Å². The molecule has 0 aliphatic carbocycles. The zero-order valence-electron chi connectivity index (χ0n) is 16.1. The number of carbonyl (C=O) groups excluding carboxylic acids is 2. The molecule has 1 aromatic heterocycles. The minimum atomic E-state index is -0.346. The number of nitrogens with one attached hydrogen (secondary N) is 1. The predicted molar refractivity (Wildman–Crippen MR) is 111 cm³/mol. The Balaban J connectivity index is 1.44. The lowest BCUT2D eigenvalue weighted by molar-refractivity contribution is -0.122. The van der Waals surface area contributed by atoms with E-state index in [1.54, 1.807) is 4.90 Å². The molecule has 1 fully saturated rings. The number of nitrogens with zero attached hydrogens (tertiary/aromatic N) is 2. The van der Waals surface area contributed by atoms with E-state index in [-0.39, 0.29) is 24.2 Å². The average molecular weight is 373 g/mol. The Labute approximate surface area is 164 Å². The Bertz CT molecular complexity index is 987. The molecule has 0 radical (unpaired) electrons. The minimum Gasteiger partial charge on any atom is -0.326 e. The molecule has 1 aliphatic rings. The maximum atomic E-state index is 12.7. The number of hydrogen-bond donors (Lipinski definition) is 1. The first-order valence-corrected chi connectivity index (χ1v) is 9.44. The second-order valence-electron chi connectivity index (χ2n) is 7.23. The molecule has 0 bridgehead atoms. The molecular weight excluding hydrogens is 350 g/mol. The van der Waals surface area contributed by atoms with E-state index < -0.39 is 0 Å². The highest BCUT2D eigenvalue weighted by molar-refractivity contribution is 6.03. The van der Waals surface area contributed by atoms with E-state index in [0.717, 1.165) is 17.1 Å². The predicted octanol–water partition coefficient (Wildman–Crippen LogP) is 4.09. The third kappa shape index (κ3) is 3.43. The Kier molecular flexibility index (Phi) is 4.74. The van der Waals surface area contributed by atoms with Crippen LogP contribution in [-0.4, -0.2) is 22.9 Å². The number of amides is 2. The summed E-state index contributed by atoms with van der Waals surface area (Å²) in [5, 5.41) is 2.95. The molecule has 1 atom stereocenters. The van der Waals surface area contributed by atoms with Gasteiger partial charge in [0.2, 0.25) is 11.8 Å². The second-order valence-corrected chi connectivity index (χ2v) is 7.23. The highest BCUT2D eigenvalue weighted by Gasteiger charge is 2.35. The summed E-state index contributed by atoms with van der Waals surface area (Å²) in [6.45, 7) is 4.55. The maximum Gasteiger partial charge on any atom is 0.229 e. The van der Waals surface area contributed by atoms with Crippen molar-refractivity contribution in [2.24, 2.45) is 5.92 Å². The number of carbonyl (C=O) groups is 2. The number of aromatic nitrogens is 1. The standard InChI is InChI=1S/C23H23N3O2/c1-16-8-9-17(2)26(16)21-12-10-19(11-13-21)24-23(28)18-14-22(27)25(15-18)20-6-4-3-5-7-20/h3-13,18H,14-15H2,1-2H3,(H,24,28)/t18-/m0/s1. The van der Waals surface area contributed by atoms with Crippen LogP contribution in [0.4, 0.5) is 11.4 Å². The number of hydrogen-bond acceptors (Lipinski definition) is 2. The van der Waals surface area contributed by atoms with Crippen molar-refractivity contribution in [2.45, 2.75) is 20.3 Å². The van der Waals surface area contributed by atoms with Gasteiger partial charge in [0.25, 0.3) is 0 Å². The molecule has 2 heterocycles. The van der Waals surface area contributed by atoms with Gasteiger partial charge < -0.3 is 14.8 Å². The summed E-state index contributed by atoms with van der Waals surface area (Å²) in [6.07, 6.45) is 0.237. The maximum absolute atomic E-state index is 12.7. The summed E-state index contributed by atoms with van der Waals surface area (Å²) in [4.78, 5) is 26.7. The van der Waals surface area contributed by atoms with E-state index in [4.69, 9.17) is 0 Å². The molecule has 2 aromatic carbocycles. The zero-order valence-corrected chi connectivity index (χ0v) is 16.1. The number of rotatable bonds is 4. The first kappa shape index (κ1) is 18.0. The fourth-order valence-corrected chi connectivity index (χ4v) is 3.75. The van der Waals surface area contributed by atoms with E-state index >= 15 is 0 Å². The van der Waals surface area contributed by atoms with E-state index in [2.05, 4.69) is 35.9 Å². The molecule has 1 aliphatic heterocycles. The van der Waals surface area contributed by atoms with Crippen molar-refractivity contribution in [1.29, 1.82) is 0 Å². The third-order valence-electron chi connectivity index (χ3n) is 5.23. The molecule has 142 valence electrons. The van der Waals surface area contributed by atoms with Gasteiger partial charge in [-0.25, -0.2) is 0 Å². The van der Waals surface area contributed by atoms with Crippen LogP contribution in [0.5, 0.6) is 0 Å². The lowest BCUT2D eigenvalue weighted by Crippen LogP contribution is -2.28. The van der Waals surface area contributed by atoms with Gasteiger partial charge in [-0.2, -0.15) is 0 Å². The van der Waals surface area contributed by atoms with Gasteiger partial charge in [0, 0.05) is 41.4 Å². The molecule has 28 heavy (non-hydrogen) atoms. The van der Waals surface area contributed by atoms with E-state index in [0.29, 0.717) is 6.54 Å². The van der Waals surface area contributed by atoms with Crippen LogP contribution in [-0.2, 0) is 9.59 Å². The SMILES string of the molecule is Cc1ccc(C)n1-c1ccc(NC(=O)[C@H]2CC(=O)N(c3ccccc3)C2)cc1. The summed E-state index contributed by atoms with van der Waals surface area (Å²) < 4.78 is 2.17. The Morgan fingerprint density at radius 1 is 0.893 bits per heavy atom. The Morgan fingerprint density at radius 3 is 2.18 bits per heavy atom. The smallest absolute Gasteiger partial charge is 0.229 e. The largest absolute Gasteiger partial charge is 0.326 e. The van der Waals surface area contributed by atoms with Crippen molar-refractivity contribution < 1.29 is 9.59 Å². The average Bonchev–Trinajstić information content (AvgIpc) is 3.25. The lowest BCUT2D eigenvalue weighted by Gasteiger charge is -2.16. The number of aryl methyl sites for hydroxylation is 2. The summed E-state index contributed by atoms with van der Waals surface area (Å²) in [7, 11) is 0. The molecule has 3 aromatic rings. The van der Waals surface area contributed by atoms with Gasteiger partial charge in [0.15, 0.2) is 0 Å². The Morgan fingerprint density at radius 2 is 1.54 bits per heavy atom. The van der Waals surface area contributed by atoms with Gasteiger partial charge in [-0.1, -0.05) is 18.2 Å². The van der Waals surface area contributed by atoms with Crippen LogP contribution in [0.25, 0.3) is 5.69 Å². The molecule has 0 spiro atoms. The quantitative estimate of drug-likeness (QED) is 0.749. The Hall–Kier alpha value is -3.34. The number of anilines is 2. The van der Waals surface area contributed by atoms with Crippen LogP contribution in [0.2, 0.25) is 0 Å². The normalized spacial score (nSPS) is 16.4. The summed E-state index contributed by atoms with van der Waals surface area (Å²) in [5.74, 6) is -0.477. The van der Waals surface area contributed by atoms with E-state index in [9.17, 15) is 9.59 Å².